The maximum Gasteiger partial charge on any atom is 0.159 e. The van der Waals surface area contributed by atoms with Crippen molar-refractivity contribution in [3.8, 4) is 11.4 Å². The van der Waals surface area contributed by atoms with Crippen molar-refractivity contribution in [3.05, 3.63) is 47.3 Å². The highest BCUT2D eigenvalue weighted by Gasteiger charge is 2.20. The molecule has 1 N–H and O–H groups in total. The molecule has 0 saturated carbocycles. The molecule has 0 amide bonds. The first kappa shape index (κ1) is 14.2. The molecule has 0 saturated heterocycles. The third kappa shape index (κ3) is 3.13. The average Bonchev–Trinajstić information content (AvgIpc) is 2.70. The van der Waals surface area contributed by atoms with Gasteiger partial charge < -0.3 is 5.32 Å². The highest BCUT2D eigenvalue weighted by Crippen LogP contribution is 2.28. The van der Waals surface area contributed by atoms with Gasteiger partial charge in [-0.05, 0) is 38.8 Å². The number of aromatic nitrogens is 2. The van der Waals surface area contributed by atoms with Crippen molar-refractivity contribution in [3.63, 3.8) is 0 Å². The van der Waals surface area contributed by atoms with Crippen molar-refractivity contribution in [2.75, 3.05) is 6.54 Å². The van der Waals surface area contributed by atoms with Gasteiger partial charge in [0.05, 0.1) is 0 Å². The molecule has 1 aliphatic rings. The molecule has 21 heavy (non-hydrogen) atoms. The first-order chi connectivity index (χ1) is 10.3. The zero-order valence-electron chi connectivity index (χ0n) is 12.9. The Labute approximate surface area is 126 Å². The van der Waals surface area contributed by atoms with Gasteiger partial charge in [-0.3, -0.25) is 0 Å². The molecule has 1 aromatic carbocycles. The van der Waals surface area contributed by atoms with Gasteiger partial charge in [0.15, 0.2) is 5.82 Å². The molecule has 1 aliphatic carbocycles. The van der Waals surface area contributed by atoms with E-state index < -0.39 is 0 Å². The number of nitrogens with one attached hydrogen (secondary N) is 1. The first-order valence-electron chi connectivity index (χ1n) is 7.94. The molecule has 110 valence electrons. The SMILES string of the molecule is CCNC1CCCCc2nc(-c3cccc(C)c3)ncc21. The lowest BCUT2D eigenvalue weighted by Crippen LogP contribution is -2.21. The van der Waals surface area contributed by atoms with Crippen molar-refractivity contribution >= 4 is 0 Å². The number of benzene rings is 1. The van der Waals surface area contributed by atoms with Crippen molar-refractivity contribution in [1.29, 1.82) is 0 Å². The molecule has 2 aromatic rings. The molecule has 1 aromatic heterocycles. The molecular weight excluding hydrogens is 258 g/mol. The highest BCUT2D eigenvalue weighted by atomic mass is 14.9. The van der Waals surface area contributed by atoms with Gasteiger partial charge in [-0.25, -0.2) is 9.97 Å². The van der Waals surface area contributed by atoms with Crippen LogP contribution in [-0.2, 0) is 6.42 Å². The van der Waals surface area contributed by atoms with Gasteiger partial charge in [0.1, 0.15) is 0 Å². The third-order valence-electron chi connectivity index (χ3n) is 4.16. The fourth-order valence-corrected chi connectivity index (χ4v) is 3.10. The van der Waals surface area contributed by atoms with Crippen LogP contribution in [-0.4, -0.2) is 16.5 Å². The van der Waals surface area contributed by atoms with E-state index in [2.05, 4.69) is 48.4 Å². The van der Waals surface area contributed by atoms with Crippen molar-refractivity contribution in [1.82, 2.24) is 15.3 Å². The van der Waals surface area contributed by atoms with Crippen LogP contribution >= 0.6 is 0 Å². The Morgan fingerprint density at radius 3 is 3.00 bits per heavy atom. The summed E-state index contributed by atoms with van der Waals surface area (Å²) < 4.78 is 0. The van der Waals surface area contributed by atoms with E-state index in [0.29, 0.717) is 6.04 Å². The molecular formula is C18H23N3. The molecule has 3 heteroatoms. The quantitative estimate of drug-likeness (QED) is 0.869. The van der Waals surface area contributed by atoms with Crippen LogP contribution in [0, 0.1) is 6.92 Å². The summed E-state index contributed by atoms with van der Waals surface area (Å²) in [4.78, 5) is 9.49. The van der Waals surface area contributed by atoms with Crippen LogP contribution in [0.3, 0.4) is 0 Å². The molecule has 0 bridgehead atoms. The van der Waals surface area contributed by atoms with Crippen LogP contribution in [0.2, 0.25) is 0 Å². The second-order valence-electron chi connectivity index (χ2n) is 5.82. The largest absolute Gasteiger partial charge is 0.310 e. The second kappa shape index (κ2) is 6.35. The van der Waals surface area contributed by atoms with Gasteiger partial charge in [-0.15, -0.1) is 0 Å². The van der Waals surface area contributed by atoms with E-state index >= 15 is 0 Å². The Bertz CT molecular complexity index is 622. The smallest absolute Gasteiger partial charge is 0.159 e. The predicted molar refractivity (Wildman–Crippen MR) is 86.2 cm³/mol. The molecule has 0 spiro atoms. The minimum absolute atomic E-state index is 0.416. The fourth-order valence-electron chi connectivity index (χ4n) is 3.10. The lowest BCUT2D eigenvalue weighted by molar-refractivity contribution is 0.502. The summed E-state index contributed by atoms with van der Waals surface area (Å²) in [5.74, 6) is 0.856. The summed E-state index contributed by atoms with van der Waals surface area (Å²) in [6.45, 7) is 5.25. The van der Waals surface area contributed by atoms with Crippen molar-refractivity contribution in [2.24, 2.45) is 0 Å². The molecule has 0 radical (unpaired) electrons. The van der Waals surface area contributed by atoms with Crippen molar-refractivity contribution in [2.45, 2.75) is 45.6 Å². The van der Waals surface area contributed by atoms with E-state index in [0.717, 1.165) is 24.4 Å². The lowest BCUT2D eigenvalue weighted by atomic mass is 10.0. The zero-order valence-corrected chi connectivity index (χ0v) is 12.9. The molecule has 1 atom stereocenters. The van der Waals surface area contributed by atoms with Crippen LogP contribution in [0.1, 0.15) is 49.0 Å². The van der Waals surface area contributed by atoms with Gasteiger partial charge >= 0.3 is 0 Å². The summed E-state index contributed by atoms with van der Waals surface area (Å²) in [7, 11) is 0. The van der Waals surface area contributed by atoms with Crippen LogP contribution in [0.15, 0.2) is 30.5 Å². The van der Waals surface area contributed by atoms with E-state index in [9.17, 15) is 0 Å². The number of nitrogens with zero attached hydrogens (tertiary/aromatic N) is 2. The van der Waals surface area contributed by atoms with Gasteiger partial charge in [0.25, 0.3) is 0 Å². The number of fused-ring (bicyclic) bond motifs is 1. The molecule has 0 fully saturated rings. The number of hydrogen-bond acceptors (Lipinski definition) is 3. The fraction of sp³-hybridized carbons (Fsp3) is 0.444. The van der Waals surface area contributed by atoms with E-state index in [1.165, 1.54) is 36.1 Å². The third-order valence-corrected chi connectivity index (χ3v) is 4.16. The molecule has 1 heterocycles. The predicted octanol–water partition coefficient (Wildman–Crippen LogP) is 3.83. The Morgan fingerprint density at radius 2 is 2.19 bits per heavy atom. The summed E-state index contributed by atoms with van der Waals surface area (Å²) in [6.07, 6.45) is 6.78. The van der Waals surface area contributed by atoms with Crippen molar-refractivity contribution < 1.29 is 0 Å². The summed E-state index contributed by atoms with van der Waals surface area (Å²) >= 11 is 0. The average molecular weight is 281 g/mol. The Hall–Kier alpha value is -1.74. The minimum atomic E-state index is 0.416. The Morgan fingerprint density at radius 1 is 1.29 bits per heavy atom. The van der Waals surface area contributed by atoms with E-state index in [1.807, 2.05) is 6.20 Å². The molecule has 0 aliphatic heterocycles. The van der Waals surface area contributed by atoms with E-state index in [-0.39, 0.29) is 0 Å². The van der Waals surface area contributed by atoms with Crippen LogP contribution < -0.4 is 5.32 Å². The molecule has 1 unspecified atom stereocenters. The number of hydrogen-bond donors (Lipinski definition) is 1. The van der Waals surface area contributed by atoms with Gasteiger partial charge in [-0.1, -0.05) is 37.1 Å². The summed E-state index contributed by atoms with van der Waals surface area (Å²) in [5.41, 5.74) is 4.88. The first-order valence-corrected chi connectivity index (χ1v) is 7.94. The Kier molecular flexibility index (Phi) is 4.30. The zero-order chi connectivity index (χ0) is 14.7. The lowest BCUT2D eigenvalue weighted by Gasteiger charge is -2.18. The standard InChI is InChI=1S/C18H23N3/c1-3-19-16-9-4-5-10-17-15(16)12-20-18(21-17)14-8-6-7-13(2)11-14/h6-8,11-12,16,19H,3-5,9-10H2,1-2H3. The summed E-state index contributed by atoms with van der Waals surface area (Å²) in [5, 5.41) is 3.57. The topological polar surface area (TPSA) is 37.8 Å². The second-order valence-corrected chi connectivity index (χ2v) is 5.82. The minimum Gasteiger partial charge on any atom is -0.310 e. The maximum absolute atomic E-state index is 4.87. The number of rotatable bonds is 3. The highest BCUT2D eigenvalue weighted by molar-refractivity contribution is 5.56. The Balaban J connectivity index is 1.98. The van der Waals surface area contributed by atoms with Gasteiger partial charge in [0.2, 0.25) is 0 Å². The van der Waals surface area contributed by atoms with Crippen LogP contribution in [0.4, 0.5) is 0 Å². The number of aryl methyl sites for hydroxylation is 2. The van der Waals surface area contributed by atoms with E-state index in [1.54, 1.807) is 0 Å². The molecule has 3 nitrogen and oxygen atoms in total. The van der Waals surface area contributed by atoms with E-state index in [4.69, 9.17) is 4.98 Å². The summed E-state index contributed by atoms with van der Waals surface area (Å²) in [6, 6.07) is 8.84. The monoisotopic (exact) mass is 281 g/mol. The molecule has 3 rings (SSSR count). The van der Waals surface area contributed by atoms with Gasteiger partial charge in [-0.2, -0.15) is 0 Å². The van der Waals surface area contributed by atoms with Crippen LogP contribution in [0.5, 0.6) is 0 Å². The maximum atomic E-state index is 4.87. The van der Waals surface area contributed by atoms with Gasteiger partial charge in [0, 0.05) is 29.1 Å². The normalized spacial score (nSPS) is 18.1. The van der Waals surface area contributed by atoms with Crippen LogP contribution in [0.25, 0.3) is 11.4 Å².